The highest BCUT2D eigenvalue weighted by atomic mass is 15.3. The van der Waals surface area contributed by atoms with Crippen LogP contribution in [0, 0.1) is 0 Å². The Morgan fingerprint density at radius 2 is 2.15 bits per heavy atom. The number of rotatable bonds is 3. The average Bonchev–Trinajstić information content (AvgIpc) is 2.82. The summed E-state index contributed by atoms with van der Waals surface area (Å²) in [5.41, 5.74) is 3.75. The first-order valence-electron chi connectivity index (χ1n) is 7.06. The number of nitrogens with zero attached hydrogens (tertiary/aromatic N) is 4. The molecule has 1 aliphatic rings. The molecule has 106 valence electrons. The minimum absolute atomic E-state index is 0.347. The smallest absolute Gasteiger partial charge is 0.128 e. The number of fused-ring (bicyclic) bond motifs is 1. The molecule has 5 heteroatoms. The summed E-state index contributed by atoms with van der Waals surface area (Å²) in [6, 6.07) is 4.47. The molecular weight excluding hydrogens is 250 g/mol. The van der Waals surface area contributed by atoms with Crippen LogP contribution in [0.4, 0.5) is 11.5 Å². The van der Waals surface area contributed by atoms with Gasteiger partial charge < -0.3 is 10.2 Å². The molecule has 5 nitrogen and oxygen atoms in total. The largest absolute Gasteiger partial charge is 0.377 e. The van der Waals surface area contributed by atoms with Crippen molar-refractivity contribution in [2.45, 2.75) is 25.3 Å². The third kappa shape index (κ3) is 2.35. The van der Waals surface area contributed by atoms with Gasteiger partial charge in [-0.25, -0.2) is 4.98 Å². The van der Waals surface area contributed by atoms with Crippen LogP contribution < -0.4 is 10.2 Å². The van der Waals surface area contributed by atoms with Gasteiger partial charge in [-0.2, -0.15) is 5.10 Å². The topological polar surface area (TPSA) is 46.0 Å². The van der Waals surface area contributed by atoms with Gasteiger partial charge in [0.15, 0.2) is 0 Å². The van der Waals surface area contributed by atoms with Crippen molar-refractivity contribution in [3.05, 3.63) is 35.8 Å². The van der Waals surface area contributed by atoms with E-state index in [2.05, 4.69) is 21.5 Å². The van der Waals surface area contributed by atoms with E-state index >= 15 is 0 Å². The quantitative estimate of drug-likeness (QED) is 0.931. The predicted octanol–water partition coefficient (Wildman–Crippen LogP) is 2.37. The second-order valence-corrected chi connectivity index (χ2v) is 5.56. The normalized spacial score (nSPS) is 17.6. The van der Waals surface area contributed by atoms with Crippen molar-refractivity contribution < 1.29 is 0 Å². The van der Waals surface area contributed by atoms with Crippen LogP contribution in [0.25, 0.3) is 0 Å². The van der Waals surface area contributed by atoms with E-state index in [-0.39, 0.29) is 0 Å². The fourth-order valence-corrected chi connectivity index (χ4v) is 2.79. The van der Waals surface area contributed by atoms with Gasteiger partial charge in [0.2, 0.25) is 0 Å². The predicted molar refractivity (Wildman–Crippen MR) is 81.1 cm³/mol. The molecule has 1 atom stereocenters. The van der Waals surface area contributed by atoms with Crippen molar-refractivity contribution in [1.29, 1.82) is 0 Å². The van der Waals surface area contributed by atoms with Crippen LogP contribution in [0.5, 0.6) is 0 Å². The molecule has 2 heterocycles. The highest BCUT2D eigenvalue weighted by molar-refractivity contribution is 5.49. The van der Waals surface area contributed by atoms with Crippen molar-refractivity contribution in [2.24, 2.45) is 7.05 Å². The molecular formula is C15H21N5. The zero-order chi connectivity index (χ0) is 14.1. The highest BCUT2D eigenvalue weighted by Crippen LogP contribution is 2.32. The summed E-state index contributed by atoms with van der Waals surface area (Å²) >= 11 is 0. The van der Waals surface area contributed by atoms with E-state index in [9.17, 15) is 0 Å². The number of hydrogen-bond acceptors (Lipinski definition) is 4. The fourth-order valence-electron chi connectivity index (χ4n) is 2.79. The number of pyridine rings is 1. The third-order valence-electron chi connectivity index (χ3n) is 3.92. The summed E-state index contributed by atoms with van der Waals surface area (Å²) in [7, 11) is 6.02. The molecule has 0 aliphatic heterocycles. The Morgan fingerprint density at radius 3 is 2.85 bits per heavy atom. The maximum atomic E-state index is 4.45. The molecule has 2 aromatic rings. The lowest BCUT2D eigenvalue weighted by atomic mass is 9.93. The first kappa shape index (κ1) is 13.0. The van der Waals surface area contributed by atoms with Crippen molar-refractivity contribution in [1.82, 2.24) is 14.8 Å². The average molecular weight is 271 g/mol. The Balaban J connectivity index is 1.78. The number of nitrogens with one attached hydrogen (secondary N) is 1. The van der Waals surface area contributed by atoms with E-state index < -0.39 is 0 Å². The molecule has 0 fully saturated rings. The molecule has 0 spiro atoms. The van der Waals surface area contributed by atoms with Gasteiger partial charge in [-0.05, 0) is 31.4 Å². The number of aromatic nitrogens is 3. The van der Waals surface area contributed by atoms with E-state index in [1.807, 2.05) is 49.2 Å². The summed E-state index contributed by atoms with van der Waals surface area (Å²) in [5, 5.41) is 7.96. The molecule has 0 amide bonds. The first-order valence-corrected chi connectivity index (χ1v) is 7.06. The van der Waals surface area contributed by atoms with Gasteiger partial charge in [-0.1, -0.05) is 0 Å². The molecule has 3 rings (SSSR count). The van der Waals surface area contributed by atoms with Crippen LogP contribution in [0.2, 0.25) is 0 Å². The number of hydrogen-bond donors (Lipinski definition) is 1. The minimum Gasteiger partial charge on any atom is -0.377 e. The van der Waals surface area contributed by atoms with E-state index in [4.69, 9.17) is 0 Å². The lowest BCUT2D eigenvalue weighted by Gasteiger charge is -2.24. The van der Waals surface area contributed by atoms with E-state index in [1.165, 1.54) is 17.7 Å². The summed E-state index contributed by atoms with van der Waals surface area (Å²) in [4.78, 5) is 6.45. The van der Waals surface area contributed by atoms with Crippen LogP contribution in [0.15, 0.2) is 24.5 Å². The summed E-state index contributed by atoms with van der Waals surface area (Å²) in [6.45, 7) is 0. The van der Waals surface area contributed by atoms with Gasteiger partial charge in [0.1, 0.15) is 5.82 Å². The SMILES string of the molecule is CN(C)c1ccc(NC2CCCc3c2cnn3C)cn1. The molecule has 0 saturated carbocycles. The Kier molecular flexibility index (Phi) is 3.34. The lowest BCUT2D eigenvalue weighted by Crippen LogP contribution is -2.18. The molecule has 0 radical (unpaired) electrons. The van der Waals surface area contributed by atoms with Crippen molar-refractivity contribution in [3.8, 4) is 0 Å². The second-order valence-electron chi connectivity index (χ2n) is 5.56. The Morgan fingerprint density at radius 1 is 1.30 bits per heavy atom. The summed E-state index contributed by atoms with van der Waals surface area (Å²) in [5.74, 6) is 0.973. The van der Waals surface area contributed by atoms with Crippen LogP contribution >= 0.6 is 0 Å². The fraction of sp³-hybridized carbons (Fsp3) is 0.467. The minimum atomic E-state index is 0.347. The van der Waals surface area contributed by atoms with Crippen molar-refractivity contribution in [3.63, 3.8) is 0 Å². The summed E-state index contributed by atoms with van der Waals surface area (Å²) in [6.07, 6.45) is 7.37. The van der Waals surface area contributed by atoms with Crippen LogP contribution in [-0.2, 0) is 13.5 Å². The van der Waals surface area contributed by atoms with Gasteiger partial charge in [0, 0.05) is 32.4 Å². The van der Waals surface area contributed by atoms with Gasteiger partial charge in [0.25, 0.3) is 0 Å². The molecule has 1 N–H and O–H groups in total. The van der Waals surface area contributed by atoms with E-state index in [0.29, 0.717) is 6.04 Å². The summed E-state index contributed by atoms with van der Waals surface area (Å²) < 4.78 is 2.00. The standard InChI is InChI=1S/C15H21N5/c1-19(2)15-8-7-11(9-16-15)18-13-5-4-6-14-12(13)10-17-20(14)3/h7-10,13,18H,4-6H2,1-3H3. The van der Waals surface area contributed by atoms with Crippen molar-refractivity contribution >= 4 is 11.5 Å². The van der Waals surface area contributed by atoms with Gasteiger partial charge in [-0.3, -0.25) is 4.68 Å². The Bertz CT molecular complexity index is 585. The first-order chi connectivity index (χ1) is 9.65. The molecule has 1 unspecified atom stereocenters. The van der Waals surface area contributed by atoms with Gasteiger partial charge in [0.05, 0.1) is 24.1 Å². The van der Waals surface area contributed by atoms with E-state index in [0.717, 1.165) is 24.3 Å². The monoisotopic (exact) mass is 271 g/mol. The molecule has 0 aromatic carbocycles. The molecule has 0 saturated heterocycles. The Labute approximate surface area is 119 Å². The molecule has 0 bridgehead atoms. The molecule has 20 heavy (non-hydrogen) atoms. The van der Waals surface area contributed by atoms with Crippen LogP contribution in [-0.4, -0.2) is 28.9 Å². The molecule has 2 aromatic heterocycles. The van der Waals surface area contributed by atoms with Gasteiger partial charge >= 0.3 is 0 Å². The second kappa shape index (κ2) is 5.15. The maximum Gasteiger partial charge on any atom is 0.128 e. The number of anilines is 2. The molecule has 1 aliphatic carbocycles. The Hall–Kier alpha value is -2.04. The van der Waals surface area contributed by atoms with E-state index in [1.54, 1.807) is 0 Å². The highest BCUT2D eigenvalue weighted by Gasteiger charge is 2.23. The van der Waals surface area contributed by atoms with Crippen LogP contribution in [0.3, 0.4) is 0 Å². The van der Waals surface area contributed by atoms with Gasteiger partial charge in [-0.15, -0.1) is 0 Å². The number of aryl methyl sites for hydroxylation is 1. The lowest BCUT2D eigenvalue weighted by molar-refractivity contribution is 0.571. The van der Waals surface area contributed by atoms with Crippen LogP contribution in [0.1, 0.15) is 30.1 Å². The maximum absolute atomic E-state index is 4.45. The van der Waals surface area contributed by atoms with Crippen molar-refractivity contribution in [2.75, 3.05) is 24.3 Å². The zero-order valence-electron chi connectivity index (χ0n) is 12.3. The zero-order valence-corrected chi connectivity index (χ0v) is 12.3. The third-order valence-corrected chi connectivity index (χ3v) is 3.92.